The Labute approximate surface area is 176 Å². The molecular formula is C20H18ClN7O2. The zero-order valence-electron chi connectivity index (χ0n) is 16.2. The van der Waals surface area contributed by atoms with Crippen LogP contribution in [-0.4, -0.2) is 29.7 Å². The maximum atomic E-state index is 13.3. The SMILES string of the molecule is CC(=O)c1cnc(N)nc1N[C@H](C)c1cc2ncc(Cl)n2c(=O)n1-c1ccccc1. The highest BCUT2D eigenvalue weighted by Gasteiger charge is 2.20. The molecule has 0 fully saturated rings. The lowest BCUT2D eigenvalue weighted by Gasteiger charge is -2.21. The lowest BCUT2D eigenvalue weighted by atomic mass is 10.1. The van der Waals surface area contributed by atoms with Crippen molar-refractivity contribution < 1.29 is 4.79 Å². The summed E-state index contributed by atoms with van der Waals surface area (Å²) in [5.74, 6) is 0.113. The van der Waals surface area contributed by atoms with Crippen molar-refractivity contribution in [1.82, 2.24) is 23.9 Å². The van der Waals surface area contributed by atoms with Gasteiger partial charge in [-0.3, -0.25) is 9.36 Å². The third kappa shape index (κ3) is 3.39. The summed E-state index contributed by atoms with van der Waals surface area (Å²) < 4.78 is 2.87. The first-order valence-electron chi connectivity index (χ1n) is 9.11. The van der Waals surface area contributed by atoms with Crippen LogP contribution in [0.5, 0.6) is 0 Å². The Balaban J connectivity index is 1.90. The number of Topliss-reactive ketones (excluding diaryl/α,β-unsaturated/α-hetero) is 1. The molecule has 0 aliphatic heterocycles. The Morgan fingerprint density at radius 1 is 1.20 bits per heavy atom. The van der Waals surface area contributed by atoms with E-state index in [-0.39, 0.29) is 28.4 Å². The van der Waals surface area contributed by atoms with E-state index in [2.05, 4.69) is 20.3 Å². The van der Waals surface area contributed by atoms with Crippen LogP contribution in [0.15, 0.2) is 53.6 Å². The molecule has 9 nitrogen and oxygen atoms in total. The van der Waals surface area contributed by atoms with Gasteiger partial charge in [0.1, 0.15) is 16.6 Å². The van der Waals surface area contributed by atoms with Gasteiger partial charge in [-0.05, 0) is 26.0 Å². The van der Waals surface area contributed by atoms with Crippen LogP contribution < -0.4 is 16.7 Å². The summed E-state index contributed by atoms with van der Waals surface area (Å²) >= 11 is 6.18. The first-order chi connectivity index (χ1) is 14.4. The standard InChI is InChI=1S/C20H18ClN7O2/c1-11(25-18-14(12(2)29)9-24-19(22)26-18)15-8-17-23-10-16(21)28(17)20(30)27(15)13-6-4-3-5-7-13/h3-11H,1-2H3,(H3,22,24,25,26)/t11-/m1/s1. The highest BCUT2D eigenvalue weighted by Crippen LogP contribution is 2.24. The summed E-state index contributed by atoms with van der Waals surface area (Å²) in [7, 11) is 0. The van der Waals surface area contributed by atoms with Crippen LogP contribution in [0.1, 0.15) is 35.9 Å². The summed E-state index contributed by atoms with van der Waals surface area (Å²) in [5, 5.41) is 3.39. The number of hydrogen-bond acceptors (Lipinski definition) is 7. The molecule has 0 saturated heterocycles. The van der Waals surface area contributed by atoms with Crippen molar-refractivity contribution in [1.29, 1.82) is 0 Å². The lowest BCUT2D eigenvalue weighted by molar-refractivity contribution is 0.101. The molecule has 4 rings (SSSR count). The van der Waals surface area contributed by atoms with Crippen molar-refractivity contribution in [2.45, 2.75) is 19.9 Å². The van der Waals surface area contributed by atoms with Gasteiger partial charge in [0.2, 0.25) is 5.95 Å². The average Bonchev–Trinajstić information content (AvgIpc) is 3.09. The molecule has 0 spiro atoms. The van der Waals surface area contributed by atoms with Crippen molar-refractivity contribution in [3.8, 4) is 5.69 Å². The van der Waals surface area contributed by atoms with Gasteiger partial charge in [0, 0.05) is 12.3 Å². The molecule has 3 N–H and O–H groups in total. The average molecular weight is 424 g/mol. The van der Waals surface area contributed by atoms with Crippen LogP contribution in [-0.2, 0) is 0 Å². The third-order valence-corrected chi connectivity index (χ3v) is 4.93. The molecule has 0 aliphatic carbocycles. The maximum absolute atomic E-state index is 13.3. The fraction of sp³-hybridized carbons (Fsp3) is 0.150. The zero-order valence-corrected chi connectivity index (χ0v) is 17.0. The lowest BCUT2D eigenvalue weighted by Crippen LogP contribution is -2.30. The zero-order chi connectivity index (χ0) is 21.4. The molecule has 10 heteroatoms. The number of para-hydroxylation sites is 1. The number of nitrogens with two attached hydrogens (primary N) is 1. The number of ketones is 1. The Morgan fingerprint density at radius 2 is 1.93 bits per heavy atom. The molecule has 0 unspecified atom stereocenters. The normalized spacial score (nSPS) is 12.1. The second-order valence-corrected chi connectivity index (χ2v) is 7.10. The predicted molar refractivity (Wildman–Crippen MR) is 114 cm³/mol. The number of anilines is 2. The number of aromatic nitrogens is 5. The Morgan fingerprint density at radius 3 is 2.63 bits per heavy atom. The number of carbonyl (C=O) groups excluding carboxylic acids is 1. The summed E-state index contributed by atoms with van der Waals surface area (Å²) in [6.45, 7) is 3.26. The number of halogens is 1. The molecule has 3 aromatic heterocycles. The van der Waals surface area contributed by atoms with Crippen LogP contribution >= 0.6 is 11.6 Å². The number of carbonyl (C=O) groups is 1. The van der Waals surface area contributed by atoms with E-state index in [9.17, 15) is 9.59 Å². The highest BCUT2D eigenvalue weighted by molar-refractivity contribution is 6.29. The van der Waals surface area contributed by atoms with Gasteiger partial charge in [-0.15, -0.1) is 0 Å². The molecule has 30 heavy (non-hydrogen) atoms. The number of nitrogens with one attached hydrogen (secondary N) is 1. The van der Waals surface area contributed by atoms with Crippen molar-refractivity contribution in [3.05, 3.63) is 75.7 Å². The predicted octanol–water partition coefficient (Wildman–Crippen LogP) is 2.89. The van der Waals surface area contributed by atoms with E-state index in [1.54, 1.807) is 6.07 Å². The van der Waals surface area contributed by atoms with Crippen molar-refractivity contribution in [2.75, 3.05) is 11.1 Å². The fourth-order valence-corrected chi connectivity index (χ4v) is 3.45. The van der Waals surface area contributed by atoms with E-state index >= 15 is 0 Å². The van der Waals surface area contributed by atoms with Crippen molar-refractivity contribution in [2.24, 2.45) is 0 Å². The van der Waals surface area contributed by atoms with E-state index in [1.165, 1.54) is 28.3 Å². The number of hydrogen-bond donors (Lipinski definition) is 2. The van der Waals surface area contributed by atoms with Crippen molar-refractivity contribution in [3.63, 3.8) is 0 Å². The van der Waals surface area contributed by atoms with E-state index in [0.717, 1.165) is 0 Å². The van der Waals surface area contributed by atoms with Gasteiger partial charge in [-0.1, -0.05) is 29.8 Å². The second kappa shape index (κ2) is 7.60. The van der Waals surface area contributed by atoms with Gasteiger partial charge in [0.05, 0.1) is 29.2 Å². The Hall–Kier alpha value is -3.72. The smallest absolute Gasteiger partial charge is 0.339 e. The molecule has 0 amide bonds. The van der Waals surface area contributed by atoms with Crippen LogP contribution in [0.4, 0.5) is 11.8 Å². The molecule has 4 aromatic rings. The Kier molecular flexibility index (Phi) is 4.96. The Bertz CT molecular complexity index is 1310. The molecule has 1 atom stereocenters. The van der Waals surface area contributed by atoms with Gasteiger partial charge in [0.25, 0.3) is 0 Å². The van der Waals surface area contributed by atoms with E-state index < -0.39 is 6.04 Å². The first-order valence-corrected chi connectivity index (χ1v) is 9.49. The molecule has 1 aromatic carbocycles. The fourth-order valence-electron chi connectivity index (χ4n) is 3.24. The van der Waals surface area contributed by atoms with Crippen LogP contribution in [0.2, 0.25) is 5.15 Å². The van der Waals surface area contributed by atoms with E-state index in [0.29, 0.717) is 22.6 Å². The van der Waals surface area contributed by atoms with Crippen LogP contribution in [0, 0.1) is 0 Å². The largest absolute Gasteiger partial charge is 0.368 e. The first kappa shape index (κ1) is 19.6. The molecule has 0 aliphatic rings. The summed E-state index contributed by atoms with van der Waals surface area (Å²) in [6.07, 6.45) is 2.80. The van der Waals surface area contributed by atoms with E-state index in [4.69, 9.17) is 17.3 Å². The number of fused-ring (bicyclic) bond motifs is 1. The van der Waals surface area contributed by atoms with E-state index in [1.807, 2.05) is 37.3 Å². The molecule has 3 heterocycles. The van der Waals surface area contributed by atoms with Gasteiger partial charge in [-0.2, -0.15) is 4.98 Å². The molecule has 0 radical (unpaired) electrons. The monoisotopic (exact) mass is 423 g/mol. The van der Waals surface area contributed by atoms with Gasteiger partial charge >= 0.3 is 5.69 Å². The summed E-state index contributed by atoms with van der Waals surface area (Å²) in [5.41, 5.74) is 7.32. The quantitative estimate of drug-likeness (QED) is 0.473. The third-order valence-electron chi connectivity index (χ3n) is 4.66. The topological polar surface area (TPSA) is 120 Å². The van der Waals surface area contributed by atoms with Crippen LogP contribution in [0.25, 0.3) is 11.3 Å². The minimum atomic E-state index is -0.439. The minimum absolute atomic E-state index is 0.0330. The summed E-state index contributed by atoms with van der Waals surface area (Å²) in [4.78, 5) is 37.5. The highest BCUT2D eigenvalue weighted by atomic mass is 35.5. The minimum Gasteiger partial charge on any atom is -0.368 e. The molecule has 152 valence electrons. The number of benzene rings is 1. The van der Waals surface area contributed by atoms with Crippen molar-refractivity contribution >= 4 is 34.8 Å². The maximum Gasteiger partial charge on any atom is 0.339 e. The van der Waals surface area contributed by atoms with Gasteiger partial charge in [0.15, 0.2) is 5.78 Å². The molecule has 0 saturated carbocycles. The molecular weight excluding hydrogens is 406 g/mol. The van der Waals surface area contributed by atoms with Crippen LogP contribution in [0.3, 0.4) is 0 Å². The number of nitrogen functional groups attached to an aromatic ring is 1. The van der Waals surface area contributed by atoms with Gasteiger partial charge < -0.3 is 11.1 Å². The number of imidazole rings is 1. The number of nitrogens with zero attached hydrogens (tertiary/aromatic N) is 5. The number of rotatable bonds is 5. The second-order valence-electron chi connectivity index (χ2n) is 6.71. The van der Waals surface area contributed by atoms with Gasteiger partial charge in [-0.25, -0.2) is 19.2 Å². The molecule has 0 bridgehead atoms. The summed E-state index contributed by atoms with van der Waals surface area (Å²) in [6, 6.07) is 10.5.